The van der Waals surface area contributed by atoms with Gasteiger partial charge in [-0.15, -0.1) is 0 Å². The molecule has 16 heavy (non-hydrogen) atoms. The molecule has 0 bridgehead atoms. The Morgan fingerprint density at radius 2 is 1.81 bits per heavy atom. The van der Waals surface area contributed by atoms with Crippen LogP contribution in [0, 0.1) is 5.82 Å². The summed E-state index contributed by atoms with van der Waals surface area (Å²) < 4.78 is 54.8. The van der Waals surface area contributed by atoms with Crippen molar-refractivity contribution in [1.82, 2.24) is 0 Å². The third kappa shape index (κ3) is 2.28. The lowest BCUT2D eigenvalue weighted by molar-refractivity contribution is -0.138. The van der Waals surface area contributed by atoms with Crippen LogP contribution in [-0.4, -0.2) is 24.3 Å². The van der Waals surface area contributed by atoms with Crippen LogP contribution in [0.25, 0.3) is 0 Å². The smallest absolute Gasteiger partial charge is 0.495 e. The molecule has 0 unspecified atom stereocenters. The molecular weight excluding hydrogens is 231 g/mol. The van der Waals surface area contributed by atoms with Crippen LogP contribution in [0.5, 0.6) is 5.75 Å². The number of methoxy groups -OCH3 is 1. The number of benzene rings is 1. The summed E-state index contributed by atoms with van der Waals surface area (Å²) in [4.78, 5) is 0. The molecule has 0 amide bonds. The van der Waals surface area contributed by atoms with Gasteiger partial charge in [0.2, 0.25) is 0 Å². The quantitative estimate of drug-likeness (QED) is 0.583. The summed E-state index contributed by atoms with van der Waals surface area (Å²) in [5, 5.41) is 17.5. The standard InChI is InChI=1S/C8H7BF4O3/c1-16-7-4(8(11,12)13)2-3-5(10)6(7)9(14)15/h2-3,14-15H,1H3. The van der Waals surface area contributed by atoms with Crippen LogP contribution in [0.1, 0.15) is 5.56 Å². The average Bonchev–Trinajstić information content (AvgIpc) is 2.14. The number of hydrogen-bond acceptors (Lipinski definition) is 3. The van der Waals surface area contributed by atoms with Crippen LogP contribution in [0.4, 0.5) is 17.6 Å². The summed E-state index contributed by atoms with van der Waals surface area (Å²) in [6.45, 7) is 0. The fourth-order valence-corrected chi connectivity index (χ4v) is 1.26. The van der Waals surface area contributed by atoms with E-state index in [4.69, 9.17) is 10.0 Å². The summed E-state index contributed by atoms with van der Waals surface area (Å²) >= 11 is 0. The zero-order chi connectivity index (χ0) is 12.5. The van der Waals surface area contributed by atoms with Gasteiger partial charge in [0, 0.05) is 0 Å². The highest BCUT2D eigenvalue weighted by Gasteiger charge is 2.38. The average molecular weight is 238 g/mol. The van der Waals surface area contributed by atoms with Gasteiger partial charge in [-0.3, -0.25) is 0 Å². The fraction of sp³-hybridized carbons (Fsp3) is 0.250. The van der Waals surface area contributed by atoms with Gasteiger partial charge in [-0.2, -0.15) is 13.2 Å². The lowest BCUT2D eigenvalue weighted by Crippen LogP contribution is -2.35. The van der Waals surface area contributed by atoms with Gasteiger partial charge in [0.25, 0.3) is 0 Å². The van der Waals surface area contributed by atoms with Crippen molar-refractivity contribution < 1.29 is 32.3 Å². The second-order valence-electron chi connectivity index (χ2n) is 2.91. The molecular formula is C8H7BF4O3. The minimum absolute atomic E-state index is 0.472. The molecule has 0 fully saturated rings. The molecule has 0 atom stereocenters. The van der Waals surface area contributed by atoms with Crippen LogP contribution < -0.4 is 10.2 Å². The molecule has 2 N–H and O–H groups in total. The van der Waals surface area contributed by atoms with E-state index in [1.807, 2.05) is 0 Å². The first-order chi connectivity index (χ1) is 7.29. The van der Waals surface area contributed by atoms with Gasteiger partial charge in [0.05, 0.1) is 18.1 Å². The number of rotatable bonds is 2. The van der Waals surface area contributed by atoms with Crippen molar-refractivity contribution in [2.75, 3.05) is 7.11 Å². The number of ether oxygens (including phenoxy) is 1. The van der Waals surface area contributed by atoms with Crippen molar-refractivity contribution in [2.45, 2.75) is 6.18 Å². The maximum Gasteiger partial charge on any atom is 0.495 e. The van der Waals surface area contributed by atoms with E-state index in [1.165, 1.54) is 0 Å². The third-order valence-corrected chi connectivity index (χ3v) is 1.91. The molecule has 0 aliphatic rings. The van der Waals surface area contributed by atoms with Crippen molar-refractivity contribution >= 4 is 12.6 Å². The monoisotopic (exact) mass is 238 g/mol. The normalized spacial score (nSPS) is 11.4. The summed E-state index contributed by atoms with van der Waals surface area (Å²) in [5.41, 5.74) is -2.20. The zero-order valence-corrected chi connectivity index (χ0v) is 8.05. The maximum atomic E-state index is 13.1. The van der Waals surface area contributed by atoms with Crippen LogP contribution in [0.3, 0.4) is 0 Å². The highest BCUT2D eigenvalue weighted by atomic mass is 19.4. The van der Waals surface area contributed by atoms with Gasteiger partial charge < -0.3 is 14.8 Å². The Bertz CT molecular complexity index is 392. The van der Waals surface area contributed by atoms with Gasteiger partial charge in [0.15, 0.2) is 0 Å². The highest BCUT2D eigenvalue weighted by Crippen LogP contribution is 2.35. The summed E-state index contributed by atoms with van der Waals surface area (Å²) in [6.07, 6.45) is -4.76. The van der Waals surface area contributed by atoms with Crippen LogP contribution in [0.2, 0.25) is 0 Å². The SMILES string of the molecule is COc1c(C(F)(F)F)ccc(F)c1B(O)O. The topological polar surface area (TPSA) is 49.7 Å². The van der Waals surface area contributed by atoms with Gasteiger partial charge in [-0.25, -0.2) is 4.39 Å². The first-order valence-electron chi connectivity index (χ1n) is 4.08. The van der Waals surface area contributed by atoms with Gasteiger partial charge >= 0.3 is 13.3 Å². The van der Waals surface area contributed by atoms with Gasteiger partial charge in [-0.05, 0) is 12.1 Å². The molecule has 0 aliphatic heterocycles. The van der Waals surface area contributed by atoms with Crippen molar-refractivity contribution in [3.05, 3.63) is 23.5 Å². The molecule has 0 heterocycles. The number of halogens is 4. The maximum absolute atomic E-state index is 13.1. The molecule has 0 aromatic heterocycles. The second-order valence-corrected chi connectivity index (χ2v) is 2.91. The lowest BCUT2D eigenvalue weighted by Gasteiger charge is -2.15. The van der Waals surface area contributed by atoms with E-state index in [0.29, 0.717) is 12.1 Å². The molecule has 0 radical (unpaired) electrons. The Labute approximate surface area is 88.4 Å². The molecule has 0 saturated heterocycles. The molecule has 0 aliphatic carbocycles. The predicted molar refractivity (Wildman–Crippen MR) is 47.8 cm³/mol. The predicted octanol–water partition coefficient (Wildman–Crippen LogP) is 0.533. The van der Waals surface area contributed by atoms with E-state index in [9.17, 15) is 17.6 Å². The first kappa shape index (κ1) is 12.8. The van der Waals surface area contributed by atoms with E-state index >= 15 is 0 Å². The van der Waals surface area contributed by atoms with E-state index in [1.54, 1.807) is 0 Å². The lowest BCUT2D eigenvalue weighted by atomic mass is 9.78. The van der Waals surface area contributed by atoms with Gasteiger partial charge in [0.1, 0.15) is 11.6 Å². The number of alkyl halides is 3. The third-order valence-electron chi connectivity index (χ3n) is 1.91. The molecule has 1 rings (SSSR count). The molecule has 88 valence electrons. The van der Waals surface area contributed by atoms with Crippen molar-refractivity contribution in [2.24, 2.45) is 0 Å². The van der Waals surface area contributed by atoms with Crippen molar-refractivity contribution in [3.8, 4) is 5.75 Å². The molecule has 1 aromatic carbocycles. The Morgan fingerprint density at radius 1 is 1.25 bits per heavy atom. The summed E-state index contributed by atoms with van der Waals surface area (Å²) in [6, 6.07) is 0.972. The largest absolute Gasteiger partial charge is 0.496 e. The molecule has 8 heteroatoms. The molecule has 0 saturated carbocycles. The Hall–Kier alpha value is -1.28. The first-order valence-corrected chi connectivity index (χ1v) is 4.08. The van der Waals surface area contributed by atoms with Crippen molar-refractivity contribution in [1.29, 1.82) is 0 Å². The molecule has 1 aromatic rings. The molecule has 3 nitrogen and oxygen atoms in total. The van der Waals surface area contributed by atoms with Gasteiger partial charge in [-0.1, -0.05) is 0 Å². The molecule has 0 spiro atoms. The minimum Gasteiger partial charge on any atom is -0.496 e. The second kappa shape index (κ2) is 4.30. The fourth-order valence-electron chi connectivity index (χ4n) is 1.26. The van der Waals surface area contributed by atoms with Crippen LogP contribution in [-0.2, 0) is 6.18 Å². The number of hydrogen-bond donors (Lipinski definition) is 2. The Kier molecular flexibility index (Phi) is 3.44. The Balaban J connectivity index is 3.49. The van der Waals surface area contributed by atoms with Crippen LogP contribution in [0.15, 0.2) is 12.1 Å². The van der Waals surface area contributed by atoms with Crippen LogP contribution >= 0.6 is 0 Å². The van der Waals surface area contributed by atoms with E-state index in [2.05, 4.69) is 4.74 Å². The van der Waals surface area contributed by atoms with E-state index in [-0.39, 0.29) is 0 Å². The zero-order valence-electron chi connectivity index (χ0n) is 8.05. The van der Waals surface area contributed by atoms with E-state index in [0.717, 1.165) is 7.11 Å². The summed E-state index contributed by atoms with van der Waals surface area (Å²) in [7, 11) is -1.49. The van der Waals surface area contributed by atoms with Crippen molar-refractivity contribution in [3.63, 3.8) is 0 Å². The summed E-state index contributed by atoms with van der Waals surface area (Å²) in [5.74, 6) is -2.11. The van der Waals surface area contributed by atoms with E-state index < -0.39 is 35.9 Å². The minimum atomic E-state index is -4.76. The highest BCUT2D eigenvalue weighted by molar-refractivity contribution is 6.59. The Morgan fingerprint density at radius 3 is 2.19 bits per heavy atom.